The molecule has 28 heavy (non-hydrogen) atoms. The monoisotopic (exact) mass is 405 g/mol. The minimum atomic E-state index is 0.591. The fourth-order valence-electron chi connectivity index (χ4n) is 4.33. The van der Waals surface area contributed by atoms with Crippen molar-refractivity contribution in [1.29, 1.82) is 0 Å². The lowest BCUT2D eigenvalue weighted by atomic mass is 10.0. The van der Waals surface area contributed by atoms with Crippen LogP contribution in [-0.4, -0.2) is 18.5 Å². The lowest BCUT2D eigenvalue weighted by Gasteiger charge is -2.22. The van der Waals surface area contributed by atoms with Gasteiger partial charge in [-0.1, -0.05) is 88.6 Å². The minimum absolute atomic E-state index is 0.591. The van der Waals surface area contributed by atoms with Crippen molar-refractivity contribution in [3.05, 3.63) is 35.9 Å². The molecule has 1 aliphatic heterocycles. The maximum absolute atomic E-state index is 5.82. The van der Waals surface area contributed by atoms with Gasteiger partial charge in [-0.3, -0.25) is 0 Å². The summed E-state index contributed by atoms with van der Waals surface area (Å²) in [6, 6.07) is 11.1. The highest BCUT2D eigenvalue weighted by Gasteiger charge is 2.16. The van der Waals surface area contributed by atoms with Gasteiger partial charge in [-0.2, -0.15) is 0 Å². The van der Waals surface area contributed by atoms with E-state index in [4.69, 9.17) is 4.74 Å². The predicted octanol–water partition coefficient (Wildman–Crippen LogP) is 7.81. The summed E-state index contributed by atoms with van der Waals surface area (Å²) in [6.07, 6.45) is 21.4. The summed E-state index contributed by atoms with van der Waals surface area (Å²) in [6.45, 7) is 3.34. The van der Waals surface area contributed by atoms with Crippen molar-refractivity contribution < 1.29 is 4.74 Å². The number of thiol groups is 1. The Morgan fingerprint density at radius 3 is 2.11 bits per heavy atom. The summed E-state index contributed by atoms with van der Waals surface area (Å²) in [5.74, 6) is 1.37. The first-order valence-electron chi connectivity index (χ1n) is 12.2. The Labute approximate surface area is 179 Å². The maximum Gasteiger partial charge on any atom is 0.140 e. The smallest absolute Gasteiger partial charge is 0.140 e. The maximum atomic E-state index is 5.82. The molecule has 0 aliphatic carbocycles. The molecule has 2 rings (SSSR count). The number of rotatable bonds is 16. The topological polar surface area (TPSA) is 9.23 Å². The van der Waals surface area contributed by atoms with Gasteiger partial charge in [0.05, 0.1) is 6.10 Å². The van der Waals surface area contributed by atoms with Gasteiger partial charge in [0.2, 0.25) is 0 Å². The van der Waals surface area contributed by atoms with Crippen LogP contribution in [0.3, 0.4) is 0 Å². The van der Waals surface area contributed by atoms with Crippen molar-refractivity contribution >= 4 is 11.8 Å². The zero-order valence-corrected chi connectivity index (χ0v) is 19.3. The summed E-state index contributed by atoms with van der Waals surface area (Å²) in [5.41, 5.74) is 1.53. The van der Waals surface area contributed by atoms with E-state index in [9.17, 15) is 0 Å². The lowest BCUT2D eigenvalue weighted by molar-refractivity contribution is 0.00977. The number of ether oxygens (including phenoxy) is 1. The molecule has 1 aromatic carbocycles. The molecule has 0 amide bonds. The molecule has 1 aromatic rings. The van der Waals surface area contributed by atoms with Crippen LogP contribution in [0.5, 0.6) is 0 Å². The quantitative estimate of drug-likeness (QED) is 0.155. The summed E-state index contributed by atoms with van der Waals surface area (Å²) in [5, 5.41) is 0.742. The lowest BCUT2D eigenvalue weighted by Crippen LogP contribution is -2.18. The molecule has 160 valence electrons. The number of hydrogen-bond donors (Lipinski definition) is 0. The van der Waals surface area contributed by atoms with Gasteiger partial charge in [-0.25, -0.2) is 0 Å². The average Bonchev–Trinajstić information content (AvgIpc) is 2.75. The molecule has 0 aromatic heterocycles. The van der Waals surface area contributed by atoms with Crippen LogP contribution >= 0.6 is 0 Å². The standard InChI is InChI=1S/C26H44OS/c1-2-26(24-18-12-11-13-19-24)28-23-17-10-8-6-4-3-5-7-9-14-20-25-21-15-16-22-27-25/h11-13,18-19,25-26H,2-10,14-17,20-23H2,1H3/p+1. The molecule has 0 radical (unpaired) electrons. The van der Waals surface area contributed by atoms with E-state index < -0.39 is 0 Å². The van der Waals surface area contributed by atoms with Gasteiger partial charge in [0, 0.05) is 12.2 Å². The molecule has 0 bridgehead atoms. The van der Waals surface area contributed by atoms with Crippen LogP contribution in [-0.2, 0) is 16.5 Å². The second-order valence-corrected chi connectivity index (χ2v) is 9.99. The third-order valence-electron chi connectivity index (χ3n) is 6.13. The van der Waals surface area contributed by atoms with Crippen LogP contribution in [0.4, 0.5) is 0 Å². The molecule has 0 spiro atoms. The van der Waals surface area contributed by atoms with Crippen molar-refractivity contribution in [1.82, 2.24) is 0 Å². The molecule has 2 unspecified atom stereocenters. The molecular formula is C26H45OS+. The summed E-state index contributed by atoms with van der Waals surface area (Å²) >= 11 is 1.63. The molecule has 1 heterocycles. The Balaban J connectivity index is 1.32. The van der Waals surface area contributed by atoms with Gasteiger partial charge in [0.15, 0.2) is 0 Å². The highest BCUT2D eigenvalue weighted by Crippen LogP contribution is 2.22. The van der Waals surface area contributed by atoms with Crippen LogP contribution in [0.25, 0.3) is 0 Å². The Kier molecular flexibility index (Phi) is 13.9. The molecule has 0 N–H and O–H groups in total. The Bertz CT molecular complexity index is 455. The van der Waals surface area contributed by atoms with Gasteiger partial charge in [0.1, 0.15) is 11.0 Å². The van der Waals surface area contributed by atoms with E-state index in [0.29, 0.717) is 6.10 Å². The van der Waals surface area contributed by atoms with Crippen LogP contribution in [0.1, 0.15) is 114 Å². The largest absolute Gasteiger partial charge is 0.378 e. The molecule has 1 aliphatic rings. The Hall–Kier alpha value is -0.470. The van der Waals surface area contributed by atoms with E-state index in [1.54, 1.807) is 11.8 Å². The number of benzene rings is 1. The predicted molar refractivity (Wildman–Crippen MR) is 127 cm³/mol. The third kappa shape index (κ3) is 10.9. The van der Waals surface area contributed by atoms with Crippen molar-refractivity contribution in [3.8, 4) is 0 Å². The first kappa shape index (κ1) is 23.8. The van der Waals surface area contributed by atoms with Gasteiger partial charge in [-0.05, 0) is 56.7 Å². The molecule has 0 saturated carbocycles. The van der Waals surface area contributed by atoms with E-state index >= 15 is 0 Å². The van der Waals surface area contributed by atoms with Crippen molar-refractivity contribution in [2.45, 2.75) is 115 Å². The SMILES string of the molecule is CCC([SH+]CCCCCCCCCCCCC1CCCCO1)c1ccccc1. The number of hydrogen-bond acceptors (Lipinski definition) is 1. The first-order valence-corrected chi connectivity index (χ1v) is 13.4. The summed E-state index contributed by atoms with van der Waals surface area (Å²) in [7, 11) is 0. The molecule has 1 fully saturated rings. The fourth-order valence-corrected chi connectivity index (χ4v) is 5.68. The van der Waals surface area contributed by atoms with Gasteiger partial charge in [-0.15, -0.1) is 0 Å². The van der Waals surface area contributed by atoms with Crippen molar-refractivity contribution in [2.75, 3.05) is 12.4 Å². The Morgan fingerprint density at radius 2 is 1.50 bits per heavy atom. The highest BCUT2D eigenvalue weighted by atomic mass is 32.2. The van der Waals surface area contributed by atoms with E-state index in [2.05, 4.69) is 37.3 Å². The Morgan fingerprint density at radius 1 is 0.857 bits per heavy atom. The molecule has 1 nitrogen and oxygen atoms in total. The summed E-state index contributed by atoms with van der Waals surface area (Å²) in [4.78, 5) is 0. The molecule has 1 saturated heterocycles. The van der Waals surface area contributed by atoms with Crippen LogP contribution < -0.4 is 0 Å². The van der Waals surface area contributed by atoms with Gasteiger partial charge < -0.3 is 4.74 Å². The number of unbranched alkanes of at least 4 members (excludes halogenated alkanes) is 9. The van der Waals surface area contributed by atoms with Crippen LogP contribution in [0, 0.1) is 0 Å². The normalized spacial score (nSPS) is 18.2. The third-order valence-corrected chi connectivity index (χ3v) is 7.81. The molecule has 2 heteroatoms. The van der Waals surface area contributed by atoms with Crippen molar-refractivity contribution in [3.63, 3.8) is 0 Å². The second kappa shape index (κ2) is 16.3. The highest BCUT2D eigenvalue weighted by molar-refractivity contribution is 7.78. The molecular weight excluding hydrogens is 360 g/mol. The second-order valence-electron chi connectivity index (χ2n) is 8.55. The van der Waals surface area contributed by atoms with E-state index in [0.717, 1.165) is 11.9 Å². The molecule has 2 atom stereocenters. The van der Waals surface area contributed by atoms with E-state index in [-0.39, 0.29) is 0 Å². The van der Waals surface area contributed by atoms with Gasteiger partial charge in [0.25, 0.3) is 0 Å². The van der Waals surface area contributed by atoms with E-state index in [1.807, 2.05) is 0 Å². The fraction of sp³-hybridized carbons (Fsp3) is 0.769. The van der Waals surface area contributed by atoms with Gasteiger partial charge >= 0.3 is 0 Å². The van der Waals surface area contributed by atoms with Crippen LogP contribution in [0.15, 0.2) is 30.3 Å². The zero-order valence-electron chi connectivity index (χ0n) is 18.4. The summed E-state index contributed by atoms with van der Waals surface area (Å²) < 4.78 is 5.82. The minimum Gasteiger partial charge on any atom is -0.378 e. The average molecular weight is 406 g/mol. The van der Waals surface area contributed by atoms with E-state index in [1.165, 1.54) is 108 Å². The zero-order chi connectivity index (χ0) is 19.7. The first-order chi connectivity index (χ1) is 13.9. The van der Waals surface area contributed by atoms with Crippen LogP contribution in [0.2, 0.25) is 0 Å². The van der Waals surface area contributed by atoms with Crippen molar-refractivity contribution in [2.24, 2.45) is 0 Å².